The maximum atomic E-state index is 12.4. The van der Waals surface area contributed by atoms with Crippen molar-refractivity contribution in [3.63, 3.8) is 0 Å². The lowest BCUT2D eigenvalue weighted by Crippen LogP contribution is -2.43. The third kappa shape index (κ3) is 3.61. The molecule has 0 aliphatic heterocycles. The van der Waals surface area contributed by atoms with Crippen LogP contribution in [0.4, 0.5) is 4.79 Å². The molecule has 1 aromatic carbocycles. The lowest BCUT2D eigenvalue weighted by molar-refractivity contribution is 0.112. The van der Waals surface area contributed by atoms with Gasteiger partial charge in [0.25, 0.3) is 0 Å². The van der Waals surface area contributed by atoms with Crippen molar-refractivity contribution in [2.24, 2.45) is 17.8 Å². The summed E-state index contributed by atoms with van der Waals surface area (Å²) < 4.78 is 0. The number of nitrogens with zero attached hydrogens (tertiary/aromatic N) is 1. The van der Waals surface area contributed by atoms with Crippen LogP contribution in [-0.4, -0.2) is 35.7 Å². The van der Waals surface area contributed by atoms with Crippen molar-refractivity contribution in [3.05, 3.63) is 35.9 Å². The summed E-state index contributed by atoms with van der Waals surface area (Å²) in [6.07, 6.45) is 2.95. The maximum absolute atomic E-state index is 12.4. The minimum absolute atomic E-state index is 0.0733. The normalized spacial score (nSPS) is 26.1. The lowest BCUT2D eigenvalue weighted by Gasteiger charge is -2.26. The zero-order chi connectivity index (χ0) is 15.7. The molecule has 2 aliphatic rings. The van der Waals surface area contributed by atoms with Gasteiger partial charge in [-0.3, -0.25) is 0 Å². The van der Waals surface area contributed by atoms with E-state index >= 15 is 0 Å². The summed E-state index contributed by atoms with van der Waals surface area (Å²) in [4.78, 5) is 14.1. The SMILES string of the molecule is C[C@@H]1C[C@@H]1[C@H](NC(=O)N(C)C[C@@H](O)C1CC1)c1ccccc1. The van der Waals surface area contributed by atoms with E-state index in [0.29, 0.717) is 24.3 Å². The van der Waals surface area contributed by atoms with Gasteiger partial charge in [0.05, 0.1) is 12.1 Å². The molecule has 0 aromatic heterocycles. The predicted molar refractivity (Wildman–Crippen MR) is 86.3 cm³/mol. The number of aliphatic hydroxyl groups is 1. The van der Waals surface area contributed by atoms with E-state index in [0.717, 1.165) is 19.3 Å². The second-order valence-electron chi connectivity index (χ2n) is 7.00. The van der Waals surface area contributed by atoms with Crippen LogP contribution < -0.4 is 5.32 Å². The topological polar surface area (TPSA) is 52.6 Å². The summed E-state index contributed by atoms with van der Waals surface area (Å²) in [5.41, 5.74) is 1.17. The van der Waals surface area contributed by atoms with Crippen LogP contribution in [0.5, 0.6) is 0 Å². The van der Waals surface area contributed by atoms with Crippen LogP contribution in [0.3, 0.4) is 0 Å². The van der Waals surface area contributed by atoms with Crippen LogP contribution in [0.2, 0.25) is 0 Å². The van der Waals surface area contributed by atoms with Gasteiger partial charge in [0.2, 0.25) is 0 Å². The molecule has 3 rings (SSSR count). The van der Waals surface area contributed by atoms with E-state index in [1.54, 1.807) is 11.9 Å². The van der Waals surface area contributed by atoms with Gasteiger partial charge in [-0.05, 0) is 42.6 Å². The molecule has 4 atom stereocenters. The average Bonchev–Trinajstić information content (AvgIpc) is 3.41. The first-order chi connectivity index (χ1) is 10.6. The summed E-state index contributed by atoms with van der Waals surface area (Å²) in [6, 6.07) is 10.2. The van der Waals surface area contributed by atoms with Crippen LogP contribution in [-0.2, 0) is 0 Å². The number of amides is 2. The van der Waals surface area contributed by atoms with E-state index in [1.165, 1.54) is 5.56 Å². The minimum atomic E-state index is -0.384. The van der Waals surface area contributed by atoms with Crippen molar-refractivity contribution in [2.75, 3.05) is 13.6 Å². The van der Waals surface area contributed by atoms with Gasteiger partial charge in [0, 0.05) is 13.6 Å². The molecule has 4 heteroatoms. The lowest BCUT2D eigenvalue weighted by atomic mass is 10.0. The largest absolute Gasteiger partial charge is 0.391 e. The second kappa shape index (κ2) is 6.29. The number of hydrogen-bond acceptors (Lipinski definition) is 2. The molecule has 2 amide bonds. The van der Waals surface area contributed by atoms with E-state index in [1.807, 2.05) is 18.2 Å². The van der Waals surface area contributed by atoms with Gasteiger partial charge in [-0.15, -0.1) is 0 Å². The molecule has 0 saturated heterocycles. The number of carbonyl (C=O) groups excluding carboxylic acids is 1. The molecule has 2 saturated carbocycles. The van der Waals surface area contributed by atoms with Crippen molar-refractivity contribution in [1.29, 1.82) is 0 Å². The predicted octanol–water partition coefficient (Wildman–Crippen LogP) is 2.80. The van der Waals surface area contributed by atoms with Crippen molar-refractivity contribution in [1.82, 2.24) is 10.2 Å². The fraction of sp³-hybridized carbons (Fsp3) is 0.611. The van der Waals surface area contributed by atoms with E-state index < -0.39 is 0 Å². The molecule has 2 fully saturated rings. The number of rotatable bonds is 6. The van der Waals surface area contributed by atoms with Gasteiger partial charge in [0.15, 0.2) is 0 Å². The Morgan fingerprint density at radius 2 is 2.00 bits per heavy atom. The fourth-order valence-electron chi connectivity index (χ4n) is 3.15. The third-order valence-electron chi connectivity index (χ3n) is 5.01. The standard InChI is InChI=1S/C18H26N2O2/c1-12-10-15(12)17(14-6-4-3-5-7-14)19-18(22)20(2)11-16(21)13-8-9-13/h3-7,12-13,15-17,21H,8-11H2,1-2H3,(H,19,22)/t12-,15+,16-,17-/m1/s1. The molecule has 0 bridgehead atoms. The van der Waals surface area contributed by atoms with Crippen molar-refractivity contribution < 1.29 is 9.90 Å². The van der Waals surface area contributed by atoms with Gasteiger partial charge in [-0.1, -0.05) is 37.3 Å². The zero-order valence-electron chi connectivity index (χ0n) is 13.4. The molecular weight excluding hydrogens is 276 g/mol. The molecule has 2 aliphatic carbocycles. The van der Waals surface area contributed by atoms with Crippen LogP contribution in [0.25, 0.3) is 0 Å². The van der Waals surface area contributed by atoms with E-state index in [9.17, 15) is 9.90 Å². The van der Waals surface area contributed by atoms with Gasteiger partial charge < -0.3 is 15.3 Å². The highest BCUT2D eigenvalue weighted by atomic mass is 16.3. The Morgan fingerprint density at radius 1 is 1.36 bits per heavy atom. The Labute approximate surface area is 132 Å². The summed E-state index contributed by atoms with van der Waals surface area (Å²) in [5.74, 6) is 1.57. The molecule has 0 spiro atoms. The van der Waals surface area contributed by atoms with E-state index in [-0.39, 0.29) is 18.2 Å². The van der Waals surface area contributed by atoms with Gasteiger partial charge in [-0.25, -0.2) is 4.79 Å². The minimum Gasteiger partial charge on any atom is -0.391 e. The second-order valence-corrected chi connectivity index (χ2v) is 7.00. The number of aliphatic hydroxyl groups excluding tert-OH is 1. The Kier molecular flexibility index (Phi) is 4.39. The maximum Gasteiger partial charge on any atom is 0.317 e. The summed E-state index contributed by atoms with van der Waals surface area (Å²) in [6.45, 7) is 2.64. The molecular formula is C18H26N2O2. The van der Waals surface area contributed by atoms with Crippen LogP contribution in [0.1, 0.15) is 37.8 Å². The number of likely N-dealkylation sites (N-methyl/N-ethyl adjacent to an activating group) is 1. The van der Waals surface area contributed by atoms with Crippen LogP contribution >= 0.6 is 0 Å². The number of hydrogen-bond donors (Lipinski definition) is 2. The first-order valence-electron chi connectivity index (χ1n) is 8.31. The molecule has 1 aromatic rings. The molecule has 120 valence electrons. The number of urea groups is 1. The summed E-state index contributed by atoms with van der Waals surface area (Å²) in [7, 11) is 1.76. The van der Waals surface area contributed by atoms with Crippen molar-refractivity contribution in [2.45, 2.75) is 38.3 Å². The third-order valence-corrected chi connectivity index (χ3v) is 5.01. The molecule has 0 unspecified atom stereocenters. The van der Waals surface area contributed by atoms with Crippen molar-refractivity contribution >= 4 is 6.03 Å². The Balaban J connectivity index is 1.61. The number of nitrogens with one attached hydrogen (secondary N) is 1. The van der Waals surface area contributed by atoms with Crippen LogP contribution in [0.15, 0.2) is 30.3 Å². The van der Waals surface area contributed by atoms with E-state index in [2.05, 4.69) is 24.4 Å². The zero-order valence-corrected chi connectivity index (χ0v) is 13.4. The Morgan fingerprint density at radius 3 is 2.55 bits per heavy atom. The summed E-state index contributed by atoms with van der Waals surface area (Å²) in [5, 5.41) is 13.2. The first kappa shape index (κ1) is 15.3. The van der Waals surface area contributed by atoms with Gasteiger partial charge >= 0.3 is 6.03 Å². The van der Waals surface area contributed by atoms with Crippen molar-refractivity contribution in [3.8, 4) is 0 Å². The smallest absolute Gasteiger partial charge is 0.317 e. The molecule has 2 N–H and O–H groups in total. The molecule has 0 heterocycles. The summed E-state index contributed by atoms with van der Waals surface area (Å²) >= 11 is 0. The van der Waals surface area contributed by atoms with E-state index in [4.69, 9.17) is 0 Å². The molecule has 22 heavy (non-hydrogen) atoms. The Hall–Kier alpha value is -1.55. The molecule has 0 radical (unpaired) electrons. The average molecular weight is 302 g/mol. The number of benzene rings is 1. The first-order valence-corrected chi connectivity index (χ1v) is 8.31. The quantitative estimate of drug-likeness (QED) is 0.849. The Bertz CT molecular complexity index is 515. The fourth-order valence-corrected chi connectivity index (χ4v) is 3.15. The van der Waals surface area contributed by atoms with Gasteiger partial charge in [-0.2, -0.15) is 0 Å². The van der Waals surface area contributed by atoms with Crippen LogP contribution in [0, 0.1) is 17.8 Å². The highest BCUT2D eigenvalue weighted by molar-refractivity contribution is 5.74. The highest BCUT2D eigenvalue weighted by Gasteiger charge is 2.41. The van der Waals surface area contributed by atoms with Gasteiger partial charge in [0.1, 0.15) is 0 Å². The molecule has 4 nitrogen and oxygen atoms in total. The monoisotopic (exact) mass is 302 g/mol. The number of carbonyl (C=O) groups is 1. The highest BCUT2D eigenvalue weighted by Crippen LogP contribution is 2.47.